The van der Waals surface area contributed by atoms with Gasteiger partial charge in [-0.3, -0.25) is 4.79 Å². The van der Waals surface area contributed by atoms with Gasteiger partial charge in [0.05, 0.1) is 16.1 Å². The zero-order chi connectivity index (χ0) is 24.9. The number of nitrogens with one attached hydrogen (secondary N) is 1. The summed E-state index contributed by atoms with van der Waals surface area (Å²) in [4.78, 5) is 26.9. The molecular formula is C27H22N4O3S2. The quantitative estimate of drug-likeness (QED) is 0.255. The second kappa shape index (κ2) is 10.7. The Morgan fingerprint density at radius 3 is 2.78 bits per heavy atom. The third-order valence-corrected chi connectivity index (χ3v) is 7.88. The predicted octanol–water partition coefficient (Wildman–Crippen LogP) is 5.61. The molecule has 1 amide bonds. The van der Waals surface area contributed by atoms with Gasteiger partial charge in [0.25, 0.3) is 5.91 Å². The van der Waals surface area contributed by atoms with Crippen molar-refractivity contribution in [3.63, 3.8) is 0 Å². The number of benzene rings is 1. The van der Waals surface area contributed by atoms with Crippen LogP contribution in [0.3, 0.4) is 0 Å². The van der Waals surface area contributed by atoms with Crippen molar-refractivity contribution in [2.45, 2.75) is 25.7 Å². The van der Waals surface area contributed by atoms with Crippen LogP contribution >= 0.6 is 22.7 Å². The van der Waals surface area contributed by atoms with E-state index >= 15 is 0 Å². The van der Waals surface area contributed by atoms with Crippen LogP contribution in [0.4, 0.5) is 5.00 Å². The van der Waals surface area contributed by atoms with Crippen LogP contribution in [-0.2, 0) is 27.2 Å². The van der Waals surface area contributed by atoms with Crippen LogP contribution in [0, 0.1) is 11.3 Å². The molecule has 9 heteroatoms. The van der Waals surface area contributed by atoms with Gasteiger partial charge in [-0.05, 0) is 60.9 Å². The molecule has 3 aromatic heterocycles. The molecule has 1 aliphatic carbocycles. The van der Waals surface area contributed by atoms with Crippen molar-refractivity contribution >= 4 is 45.6 Å². The maximum Gasteiger partial charge on any atom is 0.331 e. The highest BCUT2D eigenvalue weighted by atomic mass is 32.1. The summed E-state index contributed by atoms with van der Waals surface area (Å²) in [6.07, 6.45) is 8.71. The number of hydrogen-bond acceptors (Lipinski definition) is 7. The number of nitriles is 1. The molecule has 0 spiro atoms. The van der Waals surface area contributed by atoms with Gasteiger partial charge >= 0.3 is 5.97 Å². The van der Waals surface area contributed by atoms with Gasteiger partial charge in [-0.15, -0.1) is 22.7 Å². The SMILES string of the molecule is N#Cc1c(NC(=O)COC(=O)C=Cc2cn(-c3ccccc3)nc2-c2cccs2)sc2c1CCCC2. The van der Waals surface area contributed by atoms with E-state index in [0.717, 1.165) is 57.9 Å². The van der Waals surface area contributed by atoms with E-state index in [1.807, 2.05) is 54.0 Å². The first-order chi connectivity index (χ1) is 17.6. The molecule has 0 atom stereocenters. The Morgan fingerprint density at radius 1 is 1.17 bits per heavy atom. The molecule has 0 unspecified atom stereocenters. The van der Waals surface area contributed by atoms with E-state index < -0.39 is 18.5 Å². The van der Waals surface area contributed by atoms with Crippen molar-refractivity contribution in [1.82, 2.24) is 9.78 Å². The Morgan fingerprint density at radius 2 is 2.00 bits per heavy atom. The normalized spacial score (nSPS) is 12.8. The van der Waals surface area contributed by atoms with Crippen LogP contribution in [0.25, 0.3) is 22.3 Å². The smallest absolute Gasteiger partial charge is 0.331 e. The molecule has 7 nitrogen and oxygen atoms in total. The van der Waals surface area contributed by atoms with Crippen LogP contribution in [0.5, 0.6) is 0 Å². The lowest BCUT2D eigenvalue weighted by molar-refractivity contribution is -0.142. The zero-order valence-corrected chi connectivity index (χ0v) is 20.9. The van der Waals surface area contributed by atoms with Crippen LogP contribution in [0.15, 0.2) is 60.1 Å². The summed E-state index contributed by atoms with van der Waals surface area (Å²) in [6, 6.07) is 15.8. The number of amides is 1. The van der Waals surface area contributed by atoms with E-state index in [9.17, 15) is 14.9 Å². The molecule has 5 rings (SSSR count). The fourth-order valence-corrected chi connectivity index (χ4v) is 6.09. The minimum Gasteiger partial charge on any atom is -0.452 e. The number of carbonyl (C=O) groups is 2. The molecular weight excluding hydrogens is 492 g/mol. The molecule has 1 N–H and O–H groups in total. The van der Waals surface area contributed by atoms with E-state index in [1.54, 1.807) is 22.1 Å². The van der Waals surface area contributed by atoms with Crippen LogP contribution < -0.4 is 5.32 Å². The van der Waals surface area contributed by atoms with Gasteiger partial charge in [-0.1, -0.05) is 24.3 Å². The lowest BCUT2D eigenvalue weighted by atomic mass is 9.96. The van der Waals surface area contributed by atoms with Gasteiger partial charge in [0, 0.05) is 22.7 Å². The number of carbonyl (C=O) groups excluding carboxylic acids is 2. The highest BCUT2D eigenvalue weighted by Gasteiger charge is 2.22. The third-order valence-electron chi connectivity index (χ3n) is 5.80. The second-order valence-corrected chi connectivity index (χ2v) is 10.3. The van der Waals surface area contributed by atoms with Crippen molar-refractivity contribution in [1.29, 1.82) is 5.26 Å². The van der Waals surface area contributed by atoms with Crippen molar-refractivity contribution in [3.05, 3.63) is 81.7 Å². The van der Waals surface area contributed by atoms with Crippen molar-refractivity contribution < 1.29 is 14.3 Å². The molecule has 4 aromatic rings. The summed E-state index contributed by atoms with van der Waals surface area (Å²) >= 11 is 3.00. The van der Waals surface area contributed by atoms with E-state index in [4.69, 9.17) is 9.84 Å². The largest absolute Gasteiger partial charge is 0.452 e. The summed E-state index contributed by atoms with van der Waals surface area (Å²) in [5.74, 6) is -1.11. The monoisotopic (exact) mass is 514 g/mol. The summed E-state index contributed by atoms with van der Waals surface area (Å²) in [5.41, 5.74) is 3.99. The molecule has 1 aliphatic rings. The molecule has 1 aromatic carbocycles. The van der Waals surface area contributed by atoms with Crippen molar-refractivity contribution in [2.24, 2.45) is 0 Å². The summed E-state index contributed by atoms with van der Waals surface area (Å²) in [5, 5.41) is 19.5. The lowest BCUT2D eigenvalue weighted by Crippen LogP contribution is -2.20. The van der Waals surface area contributed by atoms with E-state index in [0.29, 0.717) is 10.6 Å². The molecule has 36 heavy (non-hydrogen) atoms. The van der Waals surface area contributed by atoms with Gasteiger partial charge in [0.2, 0.25) is 0 Å². The number of aromatic nitrogens is 2. The zero-order valence-electron chi connectivity index (χ0n) is 19.3. The Hall–Kier alpha value is -4.00. The highest BCUT2D eigenvalue weighted by molar-refractivity contribution is 7.16. The second-order valence-electron chi connectivity index (χ2n) is 8.21. The Balaban J connectivity index is 1.25. The molecule has 0 radical (unpaired) electrons. The maximum absolute atomic E-state index is 12.4. The standard InChI is InChI=1S/C27H22N4O3S2/c28-15-21-20-9-4-5-10-22(20)36-27(21)29-24(32)17-34-25(33)13-12-18-16-31(19-7-2-1-3-8-19)30-26(18)23-11-6-14-35-23/h1-3,6-8,11-14,16H,4-5,9-10,17H2,(H,29,32). The van der Waals surface area contributed by atoms with Crippen LogP contribution in [0.2, 0.25) is 0 Å². The predicted molar refractivity (Wildman–Crippen MR) is 141 cm³/mol. The number of fused-ring (bicyclic) bond motifs is 1. The molecule has 3 heterocycles. The summed E-state index contributed by atoms with van der Waals surface area (Å²) in [6.45, 7) is -0.433. The van der Waals surface area contributed by atoms with Gasteiger partial charge in [0.1, 0.15) is 16.8 Å². The number of hydrogen-bond donors (Lipinski definition) is 1. The Labute approximate surface area is 216 Å². The van der Waals surface area contributed by atoms with Crippen LogP contribution in [-0.4, -0.2) is 28.3 Å². The van der Waals surface area contributed by atoms with Gasteiger partial charge in [-0.2, -0.15) is 10.4 Å². The molecule has 0 aliphatic heterocycles. The van der Waals surface area contributed by atoms with Gasteiger partial charge in [0.15, 0.2) is 6.61 Å². The average molecular weight is 515 g/mol. The Kier molecular flexibility index (Phi) is 7.07. The number of aryl methyl sites for hydroxylation is 1. The average Bonchev–Trinajstić information content (AvgIpc) is 3.65. The Bertz CT molecular complexity index is 1460. The first-order valence-corrected chi connectivity index (χ1v) is 13.2. The first-order valence-electron chi connectivity index (χ1n) is 11.5. The summed E-state index contributed by atoms with van der Waals surface area (Å²) < 4.78 is 6.92. The fourth-order valence-electron chi connectivity index (χ4n) is 4.10. The lowest BCUT2D eigenvalue weighted by Gasteiger charge is -2.09. The van der Waals surface area contributed by atoms with Crippen molar-refractivity contribution in [3.8, 4) is 22.3 Å². The van der Waals surface area contributed by atoms with Crippen LogP contribution in [0.1, 0.15) is 34.4 Å². The number of anilines is 1. The number of para-hydroxylation sites is 1. The number of ether oxygens (including phenoxy) is 1. The number of esters is 1. The minimum absolute atomic E-state index is 0.433. The number of thiophene rings is 2. The molecule has 0 bridgehead atoms. The fraction of sp³-hybridized carbons (Fsp3) is 0.185. The maximum atomic E-state index is 12.4. The van der Waals surface area contributed by atoms with E-state index in [2.05, 4.69) is 11.4 Å². The third kappa shape index (κ3) is 5.15. The van der Waals surface area contributed by atoms with Gasteiger partial charge in [-0.25, -0.2) is 9.48 Å². The molecule has 180 valence electrons. The topological polar surface area (TPSA) is 97.0 Å². The first kappa shape index (κ1) is 23.7. The molecule has 0 fully saturated rings. The number of nitrogens with zero attached hydrogens (tertiary/aromatic N) is 3. The number of rotatable bonds is 7. The van der Waals surface area contributed by atoms with Gasteiger partial charge < -0.3 is 10.1 Å². The molecule has 0 saturated heterocycles. The summed E-state index contributed by atoms with van der Waals surface area (Å²) in [7, 11) is 0. The minimum atomic E-state index is -0.638. The van der Waals surface area contributed by atoms with E-state index in [1.165, 1.54) is 17.4 Å². The molecule has 0 saturated carbocycles. The van der Waals surface area contributed by atoms with E-state index in [-0.39, 0.29) is 0 Å². The highest BCUT2D eigenvalue weighted by Crippen LogP contribution is 2.37. The van der Waals surface area contributed by atoms with Crippen molar-refractivity contribution in [2.75, 3.05) is 11.9 Å².